The van der Waals surface area contributed by atoms with Crippen molar-refractivity contribution in [3.8, 4) is 11.8 Å². The van der Waals surface area contributed by atoms with Crippen LogP contribution in [0.2, 0.25) is 0 Å². The highest BCUT2D eigenvalue weighted by Gasteiger charge is 2.13. The van der Waals surface area contributed by atoms with Crippen molar-refractivity contribution in [3.63, 3.8) is 0 Å². The lowest BCUT2D eigenvalue weighted by atomic mass is 10.1. The van der Waals surface area contributed by atoms with Gasteiger partial charge in [-0.05, 0) is 38.6 Å². The highest BCUT2D eigenvalue weighted by molar-refractivity contribution is 5.78. The van der Waals surface area contributed by atoms with Crippen LogP contribution in [0.1, 0.15) is 31.9 Å². The number of carbonyl (C=O) groups is 1. The van der Waals surface area contributed by atoms with E-state index < -0.39 is 0 Å². The molecule has 1 amide bonds. The van der Waals surface area contributed by atoms with Crippen molar-refractivity contribution in [2.75, 3.05) is 20.2 Å². The Hall–Kier alpha value is -2.06. The summed E-state index contributed by atoms with van der Waals surface area (Å²) in [7, 11) is 1.60. The van der Waals surface area contributed by atoms with E-state index in [1.54, 1.807) is 19.2 Å². The topological polar surface area (TPSA) is 65.4 Å². The van der Waals surface area contributed by atoms with Crippen LogP contribution >= 0.6 is 0 Å². The quantitative estimate of drug-likeness (QED) is 0.833. The summed E-state index contributed by atoms with van der Waals surface area (Å²) in [6.07, 6.45) is 0. The van der Waals surface area contributed by atoms with Crippen molar-refractivity contribution in [1.82, 2.24) is 10.2 Å². The molecule has 5 heteroatoms. The minimum Gasteiger partial charge on any atom is -0.496 e. The molecule has 21 heavy (non-hydrogen) atoms. The fraction of sp³-hybridized carbons (Fsp3) is 0.500. The standard InChI is InChI=1S/C16H23N3O2/c1-5-19(11-16(20)18-12(2)3)10-14-8-13(9-17)6-7-15(14)21-4/h6-8,12H,5,10-11H2,1-4H3,(H,18,20). The Morgan fingerprint density at radius 1 is 1.48 bits per heavy atom. The van der Waals surface area contributed by atoms with Gasteiger partial charge in [0, 0.05) is 18.2 Å². The molecule has 5 nitrogen and oxygen atoms in total. The van der Waals surface area contributed by atoms with Gasteiger partial charge in [0.2, 0.25) is 5.91 Å². The summed E-state index contributed by atoms with van der Waals surface area (Å²) >= 11 is 0. The molecule has 0 aliphatic heterocycles. The molecule has 0 saturated heterocycles. The number of methoxy groups -OCH3 is 1. The molecule has 0 bridgehead atoms. The zero-order chi connectivity index (χ0) is 15.8. The molecule has 1 aromatic rings. The van der Waals surface area contributed by atoms with E-state index >= 15 is 0 Å². The first-order valence-electron chi connectivity index (χ1n) is 7.08. The van der Waals surface area contributed by atoms with E-state index in [-0.39, 0.29) is 11.9 Å². The van der Waals surface area contributed by atoms with E-state index in [2.05, 4.69) is 11.4 Å². The first kappa shape index (κ1) is 17.0. The molecule has 0 aliphatic rings. The molecule has 1 N–H and O–H groups in total. The van der Waals surface area contributed by atoms with Crippen LogP contribution in [0.25, 0.3) is 0 Å². The van der Waals surface area contributed by atoms with Gasteiger partial charge in [-0.1, -0.05) is 6.92 Å². The number of nitrogens with one attached hydrogen (secondary N) is 1. The number of likely N-dealkylation sites (N-methyl/N-ethyl adjacent to an activating group) is 1. The van der Waals surface area contributed by atoms with Gasteiger partial charge in [0.1, 0.15) is 5.75 Å². The van der Waals surface area contributed by atoms with Gasteiger partial charge in [0.15, 0.2) is 0 Å². The Morgan fingerprint density at radius 3 is 2.71 bits per heavy atom. The van der Waals surface area contributed by atoms with Gasteiger partial charge in [-0.25, -0.2) is 0 Å². The van der Waals surface area contributed by atoms with Crippen LogP contribution in [0.3, 0.4) is 0 Å². The maximum atomic E-state index is 11.9. The Labute approximate surface area is 126 Å². The molecule has 0 unspecified atom stereocenters. The third-order valence-electron chi connectivity index (χ3n) is 3.07. The van der Waals surface area contributed by atoms with Gasteiger partial charge in [-0.15, -0.1) is 0 Å². The molecule has 114 valence electrons. The molecule has 0 saturated carbocycles. The van der Waals surface area contributed by atoms with E-state index in [0.717, 1.165) is 17.9 Å². The summed E-state index contributed by atoms with van der Waals surface area (Å²) < 4.78 is 5.32. The van der Waals surface area contributed by atoms with Gasteiger partial charge in [-0.2, -0.15) is 5.26 Å². The highest BCUT2D eigenvalue weighted by atomic mass is 16.5. The van der Waals surface area contributed by atoms with Crippen molar-refractivity contribution in [2.24, 2.45) is 0 Å². The predicted molar refractivity (Wildman–Crippen MR) is 81.9 cm³/mol. The average Bonchev–Trinajstić information content (AvgIpc) is 2.45. The second-order valence-electron chi connectivity index (χ2n) is 5.16. The first-order chi connectivity index (χ1) is 9.99. The summed E-state index contributed by atoms with van der Waals surface area (Å²) in [5.41, 5.74) is 1.50. The van der Waals surface area contributed by atoms with Crippen LogP contribution < -0.4 is 10.1 Å². The van der Waals surface area contributed by atoms with Gasteiger partial charge >= 0.3 is 0 Å². The van der Waals surface area contributed by atoms with Crippen LogP contribution in [0.15, 0.2) is 18.2 Å². The van der Waals surface area contributed by atoms with Crippen LogP contribution in [0, 0.1) is 11.3 Å². The van der Waals surface area contributed by atoms with E-state index in [1.807, 2.05) is 31.7 Å². The average molecular weight is 289 g/mol. The van der Waals surface area contributed by atoms with Crippen LogP contribution in [0.5, 0.6) is 5.75 Å². The predicted octanol–water partition coefficient (Wildman–Crippen LogP) is 1.91. The molecule has 1 rings (SSSR count). The van der Waals surface area contributed by atoms with Crippen LogP contribution in [0.4, 0.5) is 0 Å². The fourth-order valence-corrected chi connectivity index (χ4v) is 2.06. The maximum absolute atomic E-state index is 11.9. The molecule has 0 radical (unpaired) electrons. The molecule has 0 fully saturated rings. The van der Waals surface area contributed by atoms with E-state index in [1.165, 1.54) is 0 Å². The smallest absolute Gasteiger partial charge is 0.234 e. The van der Waals surface area contributed by atoms with Crippen molar-refractivity contribution >= 4 is 5.91 Å². The summed E-state index contributed by atoms with van der Waals surface area (Å²) in [6.45, 7) is 7.52. The van der Waals surface area contributed by atoms with E-state index in [9.17, 15) is 4.79 Å². The fourth-order valence-electron chi connectivity index (χ4n) is 2.06. The summed E-state index contributed by atoms with van der Waals surface area (Å²) in [5.74, 6) is 0.735. The van der Waals surface area contributed by atoms with Gasteiger partial charge < -0.3 is 10.1 Å². The summed E-state index contributed by atoms with van der Waals surface area (Å²) in [6, 6.07) is 7.58. The number of carbonyl (C=O) groups excluding carboxylic acids is 1. The molecule has 1 aromatic carbocycles. The first-order valence-corrected chi connectivity index (χ1v) is 7.08. The number of nitrogens with zero attached hydrogens (tertiary/aromatic N) is 2. The number of rotatable bonds is 7. The lowest BCUT2D eigenvalue weighted by Crippen LogP contribution is -2.39. The van der Waals surface area contributed by atoms with Gasteiger partial charge in [0.05, 0.1) is 25.3 Å². The Bertz CT molecular complexity index is 521. The van der Waals surface area contributed by atoms with Crippen LogP contribution in [-0.2, 0) is 11.3 Å². The number of ether oxygens (including phenoxy) is 1. The second kappa shape index (κ2) is 8.28. The molecule has 0 aliphatic carbocycles. The SMILES string of the molecule is CCN(CC(=O)NC(C)C)Cc1cc(C#N)ccc1OC. The number of hydrogen-bond donors (Lipinski definition) is 1. The third kappa shape index (κ3) is 5.44. The number of hydrogen-bond acceptors (Lipinski definition) is 4. The van der Waals surface area contributed by atoms with Crippen molar-refractivity contribution in [1.29, 1.82) is 5.26 Å². The summed E-state index contributed by atoms with van der Waals surface area (Å²) in [4.78, 5) is 13.9. The Morgan fingerprint density at radius 2 is 2.19 bits per heavy atom. The lowest BCUT2D eigenvalue weighted by molar-refractivity contribution is -0.122. The normalized spacial score (nSPS) is 10.5. The second-order valence-corrected chi connectivity index (χ2v) is 5.16. The molecule has 0 aromatic heterocycles. The third-order valence-corrected chi connectivity index (χ3v) is 3.07. The maximum Gasteiger partial charge on any atom is 0.234 e. The molecule has 0 heterocycles. The zero-order valence-corrected chi connectivity index (χ0v) is 13.1. The minimum atomic E-state index is 0.00209. The van der Waals surface area contributed by atoms with E-state index in [0.29, 0.717) is 18.7 Å². The van der Waals surface area contributed by atoms with E-state index in [4.69, 9.17) is 10.00 Å². The lowest BCUT2D eigenvalue weighted by Gasteiger charge is -2.22. The largest absolute Gasteiger partial charge is 0.496 e. The van der Waals surface area contributed by atoms with Crippen molar-refractivity contribution in [3.05, 3.63) is 29.3 Å². The number of nitriles is 1. The molecular weight excluding hydrogens is 266 g/mol. The Balaban J connectivity index is 2.81. The van der Waals surface area contributed by atoms with Gasteiger partial charge in [0.25, 0.3) is 0 Å². The molecule has 0 spiro atoms. The minimum absolute atomic E-state index is 0.00209. The number of benzene rings is 1. The Kier molecular flexibility index (Phi) is 6.70. The zero-order valence-electron chi connectivity index (χ0n) is 13.1. The van der Waals surface area contributed by atoms with Crippen molar-refractivity contribution < 1.29 is 9.53 Å². The van der Waals surface area contributed by atoms with Crippen LogP contribution in [-0.4, -0.2) is 37.0 Å². The highest BCUT2D eigenvalue weighted by Crippen LogP contribution is 2.21. The molecule has 0 atom stereocenters. The number of amides is 1. The molecular formula is C16H23N3O2. The summed E-state index contributed by atoms with van der Waals surface area (Å²) in [5, 5.41) is 11.9. The van der Waals surface area contributed by atoms with Gasteiger partial charge in [-0.3, -0.25) is 9.69 Å². The monoisotopic (exact) mass is 289 g/mol. The van der Waals surface area contributed by atoms with Crippen molar-refractivity contribution in [2.45, 2.75) is 33.4 Å².